The summed E-state index contributed by atoms with van der Waals surface area (Å²) in [5, 5.41) is 19.4. The predicted molar refractivity (Wildman–Crippen MR) is 61.6 cm³/mol. The average molecular weight is 228 g/mol. The first kappa shape index (κ1) is 10.7. The normalized spacial score (nSPS) is 9.82. The van der Waals surface area contributed by atoms with Crippen LogP contribution in [0.4, 0.5) is 11.5 Å². The predicted octanol–water partition coefficient (Wildman–Crippen LogP) is 1.84. The van der Waals surface area contributed by atoms with E-state index in [0.717, 1.165) is 0 Å². The second-order valence-corrected chi connectivity index (χ2v) is 3.41. The first-order chi connectivity index (χ1) is 8.11. The second kappa shape index (κ2) is 3.98. The highest BCUT2D eigenvalue weighted by molar-refractivity contribution is 5.52. The summed E-state index contributed by atoms with van der Waals surface area (Å²) in [6, 6.07) is 9.52. The standard InChI is InChI=1S/C11H8N4O2/c12-6-8-4-11(13)14(7-8)9-2-1-3-10(5-9)15(16)17/h1-5,7H,13H2. The molecule has 0 aliphatic heterocycles. The first-order valence-electron chi connectivity index (χ1n) is 4.74. The molecule has 0 radical (unpaired) electrons. The van der Waals surface area contributed by atoms with Crippen LogP contribution in [0.5, 0.6) is 0 Å². The van der Waals surface area contributed by atoms with Crippen molar-refractivity contribution in [3.05, 3.63) is 52.2 Å². The molecule has 1 aromatic heterocycles. The van der Waals surface area contributed by atoms with Crippen LogP contribution in [0.1, 0.15) is 5.56 Å². The van der Waals surface area contributed by atoms with E-state index in [-0.39, 0.29) is 5.69 Å². The van der Waals surface area contributed by atoms with Crippen LogP contribution in [0.3, 0.4) is 0 Å². The maximum atomic E-state index is 10.6. The summed E-state index contributed by atoms with van der Waals surface area (Å²) in [5.41, 5.74) is 6.66. The number of nitro groups is 1. The van der Waals surface area contributed by atoms with Crippen LogP contribution in [-0.4, -0.2) is 9.49 Å². The highest BCUT2D eigenvalue weighted by Gasteiger charge is 2.09. The van der Waals surface area contributed by atoms with Crippen molar-refractivity contribution in [1.82, 2.24) is 4.57 Å². The molecule has 17 heavy (non-hydrogen) atoms. The second-order valence-electron chi connectivity index (χ2n) is 3.41. The number of anilines is 1. The fourth-order valence-corrected chi connectivity index (χ4v) is 1.52. The molecular weight excluding hydrogens is 220 g/mol. The number of nitrogens with zero attached hydrogens (tertiary/aromatic N) is 3. The number of nitriles is 1. The summed E-state index contributed by atoms with van der Waals surface area (Å²) >= 11 is 0. The average Bonchev–Trinajstić information content (AvgIpc) is 2.71. The minimum atomic E-state index is -0.478. The molecule has 84 valence electrons. The summed E-state index contributed by atoms with van der Waals surface area (Å²) in [6.45, 7) is 0. The Balaban J connectivity index is 2.53. The molecule has 0 amide bonds. The molecule has 1 aromatic carbocycles. The van der Waals surface area contributed by atoms with E-state index in [1.165, 1.54) is 29.0 Å². The molecule has 0 aliphatic rings. The fourth-order valence-electron chi connectivity index (χ4n) is 1.52. The number of nitrogens with two attached hydrogens (primary N) is 1. The van der Waals surface area contributed by atoms with Gasteiger partial charge in [-0.1, -0.05) is 6.07 Å². The Labute approximate surface area is 96.7 Å². The van der Waals surface area contributed by atoms with E-state index in [1.807, 2.05) is 6.07 Å². The van der Waals surface area contributed by atoms with Gasteiger partial charge in [-0.2, -0.15) is 5.26 Å². The number of benzene rings is 1. The van der Waals surface area contributed by atoms with Crippen LogP contribution in [0.2, 0.25) is 0 Å². The molecule has 0 fully saturated rings. The molecule has 0 bridgehead atoms. The maximum Gasteiger partial charge on any atom is 0.271 e. The SMILES string of the molecule is N#Cc1cc(N)n(-c2cccc([N+](=O)[O-])c2)c1. The van der Waals surface area contributed by atoms with Crippen molar-refractivity contribution in [2.75, 3.05) is 5.73 Å². The summed E-state index contributed by atoms with van der Waals surface area (Å²) < 4.78 is 1.53. The van der Waals surface area contributed by atoms with Gasteiger partial charge >= 0.3 is 0 Å². The number of nitrogen functional groups attached to an aromatic ring is 1. The molecule has 2 rings (SSSR count). The number of hydrogen-bond donors (Lipinski definition) is 1. The molecule has 0 saturated carbocycles. The third-order valence-corrected chi connectivity index (χ3v) is 2.30. The Hall–Kier alpha value is -2.81. The Morgan fingerprint density at radius 3 is 2.76 bits per heavy atom. The van der Waals surface area contributed by atoms with E-state index in [4.69, 9.17) is 11.0 Å². The van der Waals surface area contributed by atoms with Crippen LogP contribution >= 0.6 is 0 Å². The van der Waals surface area contributed by atoms with Gasteiger partial charge in [-0.15, -0.1) is 0 Å². The van der Waals surface area contributed by atoms with Crippen LogP contribution in [-0.2, 0) is 0 Å². The Bertz CT molecular complexity index is 625. The van der Waals surface area contributed by atoms with Gasteiger partial charge in [-0.25, -0.2) is 0 Å². The van der Waals surface area contributed by atoms with E-state index in [2.05, 4.69) is 0 Å². The van der Waals surface area contributed by atoms with Gasteiger partial charge in [0.2, 0.25) is 0 Å². The van der Waals surface area contributed by atoms with Crippen LogP contribution in [0.15, 0.2) is 36.5 Å². The molecule has 1 heterocycles. The molecule has 2 N–H and O–H groups in total. The van der Waals surface area contributed by atoms with Gasteiger partial charge in [0.1, 0.15) is 11.9 Å². The van der Waals surface area contributed by atoms with E-state index >= 15 is 0 Å². The minimum absolute atomic E-state index is 0.0193. The van der Waals surface area contributed by atoms with Crippen molar-refractivity contribution >= 4 is 11.5 Å². The van der Waals surface area contributed by atoms with Crippen LogP contribution in [0, 0.1) is 21.4 Å². The zero-order chi connectivity index (χ0) is 12.4. The zero-order valence-corrected chi connectivity index (χ0v) is 8.70. The van der Waals surface area contributed by atoms with Gasteiger partial charge in [-0.05, 0) is 12.1 Å². The van der Waals surface area contributed by atoms with Gasteiger partial charge in [0.25, 0.3) is 5.69 Å². The summed E-state index contributed by atoms with van der Waals surface area (Å²) in [5.74, 6) is 0.363. The topological polar surface area (TPSA) is 97.9 Å². The fraction of sp³-hybridized carbons (Fsp3) is 0. The lowest BCUT2D eigenvalue weighted by Crippen LogP contribution is -1.99. The molecule has 0 spiro atoms. The molecule has 0 atom stereocenters. The molecular formula is C11H8N4O2. The number of non-ortho nitro benzene ring substituents is 1. The molecule has 6 heteroatoms. The quantitative estimate of drug-likeness (QED) is 0.626. The van der Waals surface area contributed by atoms with Crippen molar-refractivity contribution in [1.29, 1.82) is 5.26 Å². The number of nitro benzene ring substituents is 1. The number of rotatable bonds is 2. The highest BCUT2D eigenvalue weighted by atomic mass is 16.6. The lowest BCUT2D eigenvalue weighted by atomic mass is 10.3. The third-order valence-electron chi connectivity index (χ3n) is 2.30. The highest BCUT2D eigenvalue weighted by Crippen LogP contribution is 2.21. The van der Waals surface area contributed by atoms with E-state index in [1.54, 1.807) is 12.1 Å². The Morgan fingerprint density at radius 1 is 1.41 bits per heavy atom. The maximum absolute atomic E-state index is 10.6. The first-order valence-corrected chi connectivity index (χ1v) is 4.74. The lowest BCUT2D eigenvalue weighted by Gasteiger charge is -2.04. The molecule has 0 aliphatic carbocycles. The summed E-state index contributed by atoms with van der Waals surface area (Å²) in [6.07, 6.45) is 1.54. The van der Waals surface area contributed by atoms with Crippen molar-refractivity contribution in [3.8, 4) is 11.8 Å². The van der Waals surface area contributed by atoms with Crippen molar-refractivity contribution in [2.45, 2.75) is 0 Å². The molecule has 2 aromatic rings. The van der Waals surface area contributed by atoms with Gasteiger partial charge < -0.3 is 10.3 Å². The Morgan fingerprint density at radius 2 is 2.18 bits per heavy atom. The monoisotopic (exact) mass is 228 g/mol. The summed E-state index contributed by atoms with van der Waals surface area (Å²) in [4.78, 5) is 10.2. The van der Waals surface area contributed by atoms with Crippen LogP contribution < -0.4 is 5.73 Å². The molecule has 0 unspecified atom stereocenters. The van der Waals surface area contributed by atoms with Crippen molar-refractivity contribution in [3.63, 3.8) is 0 Å². The summed E-state index contributed by atoms with van der Waals surface area (Å²) in [7, 11) is 0. The van der Waals surface area contributed by atoms with Gasteiger partial charge in [0.05, 0.1) is 16.2 Å². The zero-order valence-electron chi connectivity index (χ0n) is 8.70. The Kier molecular flexibility index (Phi) is 2.51. The minimum Gasteiger partial charge on any atom is -0.385 e. The van der Waals surface area contributed by atoms with E-state index < -0.39 is 4.92 Å². The van der Waals surface area contributed by atoms with E-state index in [0.29, 0.717) is 17.1 Å². The van der Waals surface area contributed by atoms with Crippen molar-refractivity contribution < 1.29 is 4.92 Å². The third kappa shape index (κ3) is 1.94. The van der Waals surface area contributed by atoms with E-state index in [9.17, 15) is 10.1 Å². The number of hydrogen-bond acceptors (Lipinski definition) is 4. The van der Waals surface area contributed by atoms with Gasteiger partial charge in [0, 0.05) is 18.3 Å². The smallest absolute Gasteiger partial charge is 0.271 e. The molecule has 0 saturated heterocycles. The molecule has 6 nitrogen and oxygen atoms in total. The number of aromatic nitrogens is 1. The van der Waals surface area contributed by atoms with Gasteiger partial charge in [0.15, 0.2) is 0 Å². The van der Waals surface area contributed by atoms with Gasteiger partial charge in [-0.3, -0.25) is 10.1 Å². The lowest BCUT2D eigenvalue weighted by molar-refractivity contribution is -0.384. The largest absolute Gasteiger partial charge is 0.385 e. The van der Waals surface area contributed by atoms with Crippen molar-refractivity contribution in [2.24, 2.45) is 0 Å². The van der Waals surface area contributed by atoms with Crippen LogP contribution in [0.25, 0.3) is 5.69 Å².